The summed E-state index contributed by atoms with van der Waals surface area (Å²) in [5, 5.41) is 6.16. The minimum absolute atomic E-state index is 0.136. The van der Waals surface area contributed by atoms with Crippen molar-refractivity contribution in [3.8, 4) is 0 Å². The van der Waals surface area contributed by atoms with E-state index in [0.29, 0.717) is 19.6 Å². The van der Waals surface area contributed by atoms with Crippen molar-refractivity contribution < 1.29 is 13.2 Å². The van der Waals surface area contributed by atoms with Crippen LogP contribution in [0.1, 0.15) is 17.1 Å². The molecule has 1 aliphatic heterocycles. The van der Waals surface area contributed by atoms with E-state index >= 15 is 0 Å². The molecule has 1 N–H and O–H groups in total. The van der Waals surface area contributed by atoms with E-state index < -0.39 is 15.4 Å². The Hall–Kier alpha value is -0.500. The maximum atomic E-state index is 11.8. The summed E-state index contributed by atoms with van der Waals surface area (Å²) < 4.78 is 28.5. The summed E-state index contributed by atoms with van der Waals surface area (Å²) in [4.78, 5) is 4.46. The molecule has 1 atom stereocenters. The molecule has 1 aliphatic rings. The second kappa shape index (κ2) is 5.24. The predicted octanol–water partition coefficient (Wildman–Crippen LogP) is 0.701. The third kappa shape index (κ3) is 2.90. The molecule has 1 saturated heterocycles. The van der Waals surface area contributed by atoms with E-state index in [4.69, 9.17) is 4.74 Å². The molecular weight excluding hydrogens is 272 g/mol. The van der Waals surface area contributed by atoms with Crippen molar-refractivity contribution in [2.45, 2.75) is 18.9 Å². The Bertz CT molecular complexity index is 512. The Labute approximate surface area is 111 Å². The summed E-state index contributed by atoms with van der Waals surface area (Å²) >= 11 is 1.53. The monoisotopic (exact) mass is 290 g/mol. The summed E-state index contributed by atoms with van der Waals surface area (Å²) in [6.07, 6.45) is 0.589. The van der Waals surface area contributed by atoms with Gasteiger partial charge in [-0.1, -0.05) is 0 Å². The average molecular weight is 290 g/mol. The van der Waals surface area contributed by atoms with Gasteiger partial charge in [-0.25, -0.2) is 13.4 Å². The van der Waals surface area contributed by atoms with Crippen LogP contribution in [0.15, 0.2) is 5.38 Å². The zero-order valence-electron chi connectivity index (χ0n) is 10.6. The van der Waals surface area contributed by atoms with Crippen LogP contribution in [-0.2, 0) is 20.1 Å². The minimum atomic E-state index is -2.97. The number of nitrogens with zero attached hydrogens (tertiary/aromatic N) is 1. The quantitative estimate of drug-likeness (QED) is 0.809. The molecule has 0 radical (unpaired) electrons. The Morgan fingerprint density at radius 3 is 2.89 bits per heavy atom. The van der Waals surface area contributed by atoms with Crippen molar-refractivity contribution in [2.24, 2.45) is 0 Å². The van der Waals surface area contributed by atoms with Crippen molar-refractivity contribution in [2.75, 3.05) is 31.8 Å². The number of aryl methyl sites for hydroxylation is 1. The van der Waals surface area contributed by atoms with Gasteiger partial charge in [0.1, 0.15) is 5.01 Å². The van der Waals surface area contributed by atoms with Gasteiger partial charge in [-0.15, -0.1) is 11.3 Å². The maximum Gasteiger partial charge on any atom is 0.152 e. The van der Waals surface area contributed by atoms with Crippen LogP contribution in [0.2, 0.25) is 0 Å². The molecule has 0 amide bonds. The van der Waals surface area contributed by atoms with Gasteiger partial charge in [0.15, 0.2) is 9.84 Å². The Balaban J connectivity index is 2.23. The van der Waals surface area contributed by atoms with Crippen LogP contribution in [0, 0.1) is 6.92 Å². The van der Waals surface area contributed by atoms with E-state index in [1.165, 1.54) is 11.3 Å². The van der Waals surface area contributed by atoms with E-state index in [1.54, 1.807) is 7.11 Å². The maximum absolute atomic E-state index is 11.8. The number of hydrogen-bond acceptors (Lipinski definition) is 6. The lowest BCUT2D eigenvalue weighted by Crippen LogP contribution is -2.45. The third-order valence-corrected chi connectivity index (χ3v) is 6.03. The average Bonchev–Trinajstić information content (AvgIpc) is 2.85. The van der Waals surface area contributed by atoms with Crippen LogP contribution >= 0.6 is 11.3 Å². The number of thiazole rings is 1. The van der Waals surface area contributed by atoms with E-state index in [-0.39, 0.29) is 11.5 Å². The number of hydrogen-bond donors (Lipinski definition) is 1. The Morgan fingerprint density at radius 1 is 1.61 bits per heavy atom. The molecule has 5 nitrogen and oxygen atoms in total. The fourth-order valence-electron chi connectivity index (χ4n) is 2.20. The van der Waals surface area contributed by atoms with Gasteiger partial charge >= 0.3 is 0 Å². The van der Waals surface area contributed by atoms with Crippen LogP contribution < -0.4 is 5.32 Å². The van der Waals surface area contributed by atoms with Crippen LogP contribution in [0.3, 0.4) is 0 Å². The lowest BCUT2D eigenvalue weighted by molar-refractivity contribution is 0.187. The zero-order valence-corrected chi connectivity index (χ0v) is 12.2. The molecule has 2 heterocycles. The summed E-state index contributed by atoms with van der Waals surface area (Å²) in [6.45, 7) is 3.11. The van der Waals surface area contributed by atoms with E-state index in [0.717, 1.165) is 10.7 Å². The standard InChI is InChI=1S/C11H18N2O3S2/c1-9-7-17-10(13-9)11(12-4-5-16-2)3-6-18(14,15)8-11/h7,12H,3-6,8H2,1-2H3. The van der Waals surface area contributed by atoms with Gasteiger partial charge in [-0.2, -0.15) is 0 Å². The fraction of sp³-hybridized carbons (Fsp3) is 0.727. The van der Waals surface area contributed by atoms with E-state index in [2.05, 4.69) is 10.3 Å². The predicted molar refractivity (Wildman–Crippen MR) is 71.7 cm³/mol. The lowest BCUT2D eigenvalue weighted by atomic mass is 10.00. The van der Waals surface area contributed by atoms with Gasteiger partial charge < -0.3 is 10.1 Å². The first-order valence-corrected chi connectivity index (χ1v) is 8.55. The van der Waals surface area contributed by atoms with Crippen LogP contribution in [-0.4, -0.2) is 45.2 Å². The largest absolute Gasteiger partial charge is 0.383 e. The topological polar surface area (TPSA) is 68.3 Å². The fourth-order valence-corrected chi connectivity index (χ4v) is 5.23. The van der Waals surface area contributed by atoms with Gasteiger partial charge in [0.05, 0.1) is 23.7 Å². The number of rotatable bonds is 5. The number of aromatic nitrogens is 1. The molecule has 1 unspecified atom stereocenters. The number of methoxy groups -OCH3 is 1. The third-order valence-electron chi connectivity index (χ3n) is 3.10. The van der Waals surface area contributed by atoms with Crippen molar-refractivity contribution in [3.63, 3.8) is 0 Å². The zero-order chi connectivity index (χ0) is 13.2. The molecule has 0 spiro atoms. The number of sulfone groups is 1. The first-order chi connectivity index (χ1) is 8.47. The molecule has 0 aliphatic carbocycles. The van der Waals surface area contributed by atoms with Crippen molar-refractivity contribution in [3.05, 3.63) is 16.1 Å². The highest BCUT2D eigenvalue weighted by Crippen LogP contribution is 2.35. The normalized spacial score (nSPS) is 26.6. The highest BCUT2D eigenvalue weighted by atomic mass is 32.2. The van der Waals surface area contributed by atoms with Gasteiger partial charge in [-0.05, 0) is 13.3 Å². The summed E-state index contributed by atoms with van der Waals surface area (Å²) in [7, 11) is -1.33. The van der Waals surface area contributed by atoms with Gasteiger partial charge in [-0.3, -0.25) is 0 Å². The molecule has 1 fully saturated rings. The lowest BCUT2D eigenvalue weighted by Gasteiger charge is -2.26. The Kier molecular flexibility index (Phi) is 4.05. The van der Waals surface area contributed by atoms with Gasteiger partial charge in [0.25, 0.3) is 0 Å². The second-order valence-electron chi connectivity index (χ2n) is 4.64. The van der Waals surface area contributed by atoms with E-state index in [1.807, 2.05) is 12.3 Å². The molecule has 18 heavy (non-hydrogen) atoms. The molecule has 1 aromatic heterocycles. The molecule has 0 saturated carbocycles. The Morgan fingerprint density at radius 2 is 2.39 bits per heavy atom. The van der Waals surface area contributed by atoms with Crippen LogP contribution in [0.4, 0.5) is 0 Å². The van der Waals surface area contributed by atoms with Crippen LogP contribution in [0.25, 0.3) is 0 Å². The highest BCUT2D eigenvalue weighted by molar-refractivity contribution is 7.91. The number of ether oxygens (including phenoxy) is 1. The summed E-state index contributed by atoms with van der Waals surface area (Å²) in [6, 6.07) is 0. The molecule has 102 valence electrons. The molecule has 0 bridgehead atoms. The highest BCUT2D eigenvalue weighted by Gasteiger charge is 2.45. The number of nitrogens with one attached hydrogen (secondary N) is 1. The summed E-state index contributed by atoms with van der Waals surface area (Å²) in [5.74, 6) is 0.363. The van der Waals surface area contributed by atoms with E-state index in [9.17, 15) is 8.42 Å². The van der Waals surface area contributed by atoms with Gasteiger partial charge in [0.2, 0.25) is 0 Å². The molecule has 1 aromatic rings. The van der Waals surface area contributed by atoms with Crippen molar-refractivity contribution in [1.29, 1.82) is 0 Å². The molecule has 0 aromatic carbocycles. The van der Waals surface area contributed by atoms with Crippen molar-refractivity contribution >= 4 is 21.2 Å². The minimum Gasteiger partial charge on any atom is -0.383 e. The van der Waals surface area contributed by atoms with Crippen LogP contribution in [0.5, 0.6) is 0 Å². The first kappa shape index (κ1) is 13.9. The van der Waals surface area contributed by atoms with Crippen molar-refractivity contribution in [1.82, 2.24) is 10.3 Å². The smallest absolute Gasteiger partial charge is 0.152 e. The molecular formula is C11H18N2O3S2. The molecule has 2 rings (SSSR count). The van der Waals surface area contributed by atoms with Gasteiger partial charge in [0, 0.05) is 24.7 Å². The second-order valence-corrected chi connectivity index (χ2v) is 7.68. The summed E-state index contributed by atoms with van der Waals surface area (Å²) in [5.41, 5.74) is 0.420. The molecule has 7 heteroatoms. The first-order valence-electron chi connectivity index (χ1n) is 5.84. The SMILES string of the molecule is COCCNC1(c2nc(C)cs2)CCS(=O)(=O)C1.